The predicted octanol–water partition coefficient (Wildman–Crippen LogP) is 3.51. The first kappa shape index (κ1) is 7.35. The summed E-state index contributed by atoms with van der Waals surface area (Å²) < 4.78 is 1.16. The molecule has 1 heteroatoms. The van der Waals surface area contributed by atoms with E-state index >= 15 is 0 Å². The Bertz CT molecular complexity index is 254. The molecule has 0 aromatic heterocycles. The van der Waals surface area contributed by atoms with Crippen LogP contribution >= 0.6 is 15.9 Å². The lowest BCUT2D eigenvalue weighted by Gasteiger charge is -2.00. The van der Waals surface area contributed by atoms with Crippen LogP contribution in [-0.4, -0.2) is 0 Å². The van der Waals surface area contributed by atoms with E-state index < -0.39 is 0 Å². The molecule has 0 unspecified atom stereocenters. The van der Waals surface area contributed by atoms with E-state index in [9.17, 15) is 0 Å². The second-order valence-corrected chi connectivity index (χ2v) is 4.08. The lowest BCUT2D eigenvalue weighted by atomic mass is 10.1. The van der Waals surface area contributed by atoms with Crippen LogP contribution in [0.15, 0.2) is 22.7 Å². The van der Waals surface area contributed by atoms with Crippen molar-refractivity contribution in [1.82, 2.24) is 0 Å². The standard InChI is InChI=1S/C10H10Br/c1-7-4-9(8-2-3-8)6-10(11)5-7/h4-6,8H,1-3H2. The van der Waals surface area contributed by atoms with E-state index in [4.69, 9.17) is 0 Å². The molecule has 1 aliphatic carbocycles. The lowest BCUT2D eigenvalue weighted by molar-refractivity contribution is 1.12. The highest BCUT2D eigenvalue weighted by molar-refractivity contribution is 9.10. The van der Waals surface area contributed by atoms with Gasteiger partial charge in [0.05, 0.1) is 0 Å². The van der Waals surface area contributed by atoms with Crippen LogP contribution in [0, 0.1) is 6.92 Å². The Morgan fingerprint density at radius 3 is 2.55 bits per heavy atom. The van der Waals surface area contributed by atoms with Crippen molar-refractivity contribution in [2.75, 3.05) is 0 Å². The third-order valence-corrected chi connectivity index (χ3v) is 2.49. The molecule has 0 saturated heterocycles. The highest BCUT2D eigenvalue weighted by Gasteiger charge is 2.23. The molecule has 1 fully saturated rings. The normalized spacial score (nSPS) is 16.9. The van der Waals surface area contributed by atoms with Crippen LogP contribution in [0.5, 0.6) is 0 Å². The van der Waals surface area contributed by atoms with Gasteiger partial charge in [0, 0.05) is 4.47 Å². The van der Waals surface area contributed by atoms with Gasteiger partial charge in [0.1, 0.15) is 0 Å². The molecule has 2 rings (SSSR count). The zero-order valence-electron chi connectivity index (χ0n) is 6.31. The van der Waals surface area contributed by atoms with Gasteiger partial charge in [0.25, 0.3) is 0 Å². The van der Waals surface area contributed by atoms with Crippen LogP contribution in [0.2, 0.25) is 0 Å². The molecule has 0 spiro atoms. The Morgan fingerprint density at radius 1 is 1.27 bits per heavy atom. The van der Waals surface area contributed by atoms with Gasteiger partial charge >= 0.3 is 0 Å². The molecule has 0 heterocycles. The molecule has 1 aliphatic rings. The molecule has 11 heavy (non-hydrogen) atoms. The van der Waals surface area contributed by atoms with Crippen molar-refractivity contribution in [3.63, 3.8) is 0 Å². The topological polar surface area (TPSA) is 0 Å². The molecular formula is C10H10Br. The van der Waals surface area contributed by atoms with E-state index in [1.807, 2.05) is 6.07 Å². The lowest BCUT2D eigenvalue weighted by Crippen LogP contribution is -1.81. The maximum atomic E-state index is 3.92. The minimum absolute atomic E-state index is 0.827. The summed E-state index contributed by atoms with van der Waals surface area (Å²) in [6.45, 7) is 3.92. The Labute approximate surface area is 75.8 Å². The molecular weight excluding hydrogens is 200 g/mol. The Kier molecular flexibility index (Phi) is 1.76. The monoisotopic (exact) mass is 209 g/mol. The van der Waals surface area contributed by atoms with Gasteiger partial charge in [-0.05, 0) is 48.9 Å². The van der Waals surface area contributed by atoms with Gasteiger partial charge in [-0.15, -0.1) is 0 Å². The van der Waals surface area contributed by atoms with Gasteiger partial charge in [-0.25, -0.2) is 0 Å². The number of hydrogen-bond donors (Lipinski definition) is 0. The highest BCUT2D eigenvalue weighted by atomic mass is 79.9. The van der Waals surface area contributed by atoms with Gasteiger partial charge < -0.3 is 0 Å². The Morgan fingerprint density at radius 2 is 2.00 bits per heavy atom. The minimum Gasteiger partial charge on any atom is -0.0554 e. The minimum atomic E-state index is 0.827. The van der Waals surface area contributed by atoms with Crippen molar-refractivity contribution in [3.05, 3.63) is 40.7 Å². The largest absolute Gasteiger partial charge is 0.0554 e. The second-order valence-electron chi connectivity index (χ2n) is 3.17. The molecule has 1 aromatic rings. The van der Waals surface area contributed by atoms with Crippen molar-refractivity contribution < 1.29 is 0 Å². The Hall–Kier alpha value is -0.300. The summed E-state index contributed by atoms with van der Waals surface area (Å²) in [5, 5.41) is 0. The van der Waals surface area contributed by atoms with E-state index in [0.29, 0.717) is 0 Å². The quantitative estimate of drug-likeness (QED) is 0.665. The second kappa shape index (κ2) is 2.63. The molecule has 0 amide bonds. The fraction of sp³-hybridized carbons (Fsp3) is 0.300. The van der Waals surface area contributed by atoms with Crippen LogP contribution in [0.3, 0.4) is 0 Å². The molecule has 0 atom stereocenters. The summed E-state index contributed by atoms with van der Waals surface area (Å²) in [6, 6.07) is 6.43. The van der Waals surface area contributed by atoms with Crippen LogP contribution in [0.4, 0.5) is 0 Å². The zero-order chi connectivity index (χ0) is 7.84. The van der Waals surface area contributed by atoms with E-state index in [2.05, 4.69) is 35.0 Å². The average Bonchev–Trinajstić information content (AvgIpc) is 2.64. The van der Waals surface area contributed by atoms with Crippen LogP contribution < -0.4 is 0 Å². The van der Waals surface area contributed by atoms with Gasteiger partial charge in [0.15, 0.2) is 0 Å². The van der Waals surface area contributed by atoms with Gasteiger partial charge in [-0.3, -0.25) is 0 Å². The van der Waals surface area contributed by atoms with Gasteiger partial charge in [-0.1, -0.05) is 22.0 Å². The number of benzene rings is 1. The average molecular weight is 210 g/mol. The van der Waals surface area contributed by atoms with Crippen molar-refractivity contribution in [1.29, 1.82) is 0 Å². The van der Waals surface area contributed by atoms with E-state index in [0.717, 1.165) is 16.0 Å². The smallest absolute Gasteiger partial charge is 0.0180 e. The van der Waals surface area contributed by atoms with Crippen molar-refractivity contribution >= 4 is 15.9 Å². The first-order valence-electron chi connectivity index (χ1n) is 3.88. The first-order valence-corrected chi connectivity index (χ1v) is 4.67. The van der Waals surface area contributed by atoms with Crippen LogP contribution in [0.25, 0.3) is 0 Å². The number of hydrogen-bond acceptors (Lipinski definition) is 0. The summed E-state index contributed by atoms with van der Waals surface area (Å²) in [5.41, 5.74) is 2.56. The molecule has 57 valence electrons. The first-order chi connectivity index (χ1) is 5.25. The molecule has 0 nitrogen and oxygen atoms in total. The molecule has 1 aromatic carbocycles. The van der Waals surface area contributed by atoms with Crippen molar-refractivity contribution in [2.24, 2.45) is 0 Å². The van der Waals surface area contributed by atoms with E-state index in [1.54, 1.807) is 0 Å². The summed E-state index contributed by atoms with van der Waals surface area (Å²) in [7, 11) is 0. The van der Waals surface area contributed by atoms with Crippen LogP contribution in [-0.2, 0) is 0 Å². The Balaban J connectivity index is 2.39. The highest BCUT2D eigenvalue weighted by Crippen LogP contribution is 2.41. The summed E-state index contributed by atoms with van der Waals surface area (Å²) in [6.07, 6.45) is 2.71. The molecule has 0 aliphatic heterocycles. The predicted molar refractivity (Wildman–Crippen MR) is 50.6 cm³/mol. The molecule has 1 saturated carbocycles. The third-order valence-electron chi connectivity index (χ3n) is 2.03. The number of rotatable bonds is 1. The van der Waals surface area contributed by atoms with E-state index in [-0.39, 0.29) is 0 Å². The maximum absolute atomic E-state index is 3.92. The maximum Gasteiger partial charge on any atom is 0.0180 e. The SMILES string of the molecule is [CH2]c1cc(Br)cc(C2CC2)c1. The molecule has 0 bridgehead atoms. The van der Waals surface area contributed by atoms with E-state index in [1.165, 1.54) is 18.4 Å². The summed E-state index contributed by atoms with van der Waals surface area (Å²) in [4.78, 5) is 0. The summed E-state index contributed by atoms with van der Waals surface area (Å²) >= 11 is 3.47. The summed E-state index contributed by atoms with van der Waals surface area (Å²) in [5.74, 6) is 0.827. The van der Waals surface area contributed by atoms with Crippen molar-refractivity contribution in [3.8, 4) is 0 Å². The molecule has 0 N–H and O–H groups in total. The van der Waals surface area contributed by atoms with Gasteiger partial charge in [0.2, 0.25) is 0 Å². The fourth-order valence-electron chi connectivity index (χ4n) is 1.33. The molecule has 1 radical (unpaired) electrons. The van der Waals surface area contributed by atoms with Crippen LogP contribution in [0.1, 0.15) is 29.9 Å². The fourth-order valence-corrected chi connectivity index (χ4v) is 1.89. The zero-order valence-corrected chi connectivity index (χ0v) is 7.89. The number of halogens is 1. The van der Waals surface area contributed by atoms with Crippen molar-refractivity contribution in [2.45, 2.75) is 18.8 Å². The van der Waals surface area contributed by atoms with Gasteiger partial charge in [-0.2, -0.15) is 0 Å². The third kappa shape index (κ3) is 1.64.